The molecular formula is C30H33N3O4. The lowest BCUT2D eigenvalue weighted by atomic mass is 9.80. The van der Waals surface area contributed by atoms with Crippen LogP contribution in [0.1, 0.15) is 48.3 Å². The number of nitrogens with zero attached hydrogens (tertiary/aromatic N) is 3. The van der Waals surface area contributed by atoms with Crippen molar-refractivity contribution < 1.29 is 19.4 Å². The molecule has 7 heteroatoms. The van der Waals surface area contributed by atoms with Gasteiger partial charge < -0.3 is 14.7 Å². The summed E-state index contributed by atoms with van der Waals surface area (Å²) >= 11 is 0. The van der Waals surface area contributed by atoms with Crippen molar-refractivity contribution in [3.05, 3.63) is 96.2 Å². The lowest BCUT2D eigenvalue weighted by Gasteiger charge is -2.44. The molecule has 3 aromatic rings. The van der Waals surface area contributed by atoms with Crippen LogP contribution in [0.4, 0.5) is 4.79 Å². The van der Waals surface area contributed by atoms with Crippen molar-refractivity contribution in [2.24, 2.45) is 0 Å². The van der Waals surface area contributed by atoms with E-state index in [0.29, 0.717) is 30.1 Å². The second-order valence-corrected chi connectivity index (χ2v) is 10.3. The maximum atomic E-state index is 13.2. The second-order valence-electron chi connectivity index (χ2n) is 10.3. The molecule has 0 saturated carbocycles. The third-order valence-corrected chi connectivity index (χ3v) is 6.47. The average Bonchev–Trinajstić information content (AvgIpc) is 2.87. The second kappa shape index (κ2) is 10.2. The van der Waals surface area contributed by atoms with Crippen LogP contribution in [0.3, 0.4) is 0 Å². The molecule has 2 amide bonds. The van der Waals surface area contributed by atoms with Gasteiger partial charge in [0.1, 0.15) is 11.3 Å². The topological polar surface area (TPSA) is 83.0 Å². The molecule has 0 aliphatic carbocycles. The molecule has 192 valence electrons. The number of rotatable bonds is 7. The van der Waals surface area contributed by atoms with Crippen LogP contribution in [0.5, 0.6) is 0 Å². The number of ether oxygens (including phenoxy) is 1. The summed E-state index contributed by atoms with van der Waals surface area (Å²) in [6.45, 7) is 8.01. The highest BCUT2D eigenvalue weighted by atomic mass is 16.6. The third-order valence-electron chi connectivity index (χ3n) is 6.47. The van der Waals surface area contributed by atoms with Gasteiger partial charge in [0.15, 0.2) is 0 Å². The average molecular weight is 500 g/mol. The van der Waals surface area contributed by atoms with Crippen LogP contribution >= 0.6 is 0 Å². The number of amides is 2. The SMILES string of the molecule is C=C(c1ccc(-c2cccc(C(=O)N(C)C)n2)cc1)N1CC[C@](CC(C)(C)O)(c2ccccc2)OC1=O. The summed E-state index contributed by atoms with van der Waals surface area (Å²) in [5.41, 5.74) is 2.14. The summed E-state index contributed by atoms with van der Waals surface area (Å²) < 4.78 is 6.06. The zero-order valence-corrected chi connectivity index (χ0v) is 21.8. The summed E-state index contributed by atoms with van der Waals surface area (Å²) in [5.74, 6) is -0.161. The molecular weight excluding hydrogens is 466 g/mol. The highest BCUT2D eigenvalue weighted by Gasteiger charge is 2.45. The highest BCUT2D eigenvalue weighted by Crippen LogP contribution is 2.42. The molecule has 7 nitrogen and oxygen atoms in total. The minimum atomic E-state index is -1.02. The molecule has 1 atom stereocenters. The molecule has 1 saturated heterocycles. The Bertz CT molecular complexity index is 1300. The predicted octanol–water partition coefficient (Wildman–Crippen LogP) is 5.32. The minimum Gasteiger partial charge on any atom is -0.437 e. The molecule has 1 aliphatic heterocycles. The molecule has 0 bridgehead atoms. The summed E-state index contributed by atoms with van der Waals surface area (Å²) in [7, 11) is 3.38. The molecule has 2 aromatic carbocycles. The van der Waals surface area contributed by atoms with Gasteiger partial charge in [-0.05, 0) is 37.1 Å². The Kier molecular flexibility index (Phi) is 7.18. The Morgan fingerprint density at radius 3 is 2.35 bits per heavy atom. The molecule has 0 unspecified atom stereocenters. The van der Waals surface area contributed by atoms with Crippen LogP contribution in [0.15, 0.2) is 79.4 Å². The van der Waals surface area contributed by atoms with Crippen molar-refractivity contribution >= 4 is 17.7 Å². The van der Waals surface area contributed by atoms with Gasteiger partial charge in [-0.3, -0.25) is 9.69 Å². The van der Waals surface area contributed by atoms with Crippen LogP contribution in [0.25, 0.3) is 17.0 Å². The highest BCUT2D eigenvalue weighted by molar-refractivity contribution is 5.92. The summed E-state index contributed by atoms with van der Waals surface area (Å²) in [6.07, 6.45) is 0.304. The first-order chi connectivity index (χ1) is 17.5. The molecule has 1 aliphatic rings. The third kappa shape index (κ3) is 5.73. The molecule has 0 radical (unpaired) electrons. The Morgan fingerprint density at radius 2 is 1.76 bits per heavy atom. The number of aromatic nitrogens is 1. The quantitative estimate of drug-likeness (QED) is 0.476. The number of carbonyl (C=O) groups excluding carboxylic acids is 2. The van der Waals surface area contributed by atoms with E-state index in [1.165, 1.54) is 9.80 Å². The first-order valence-electron chi connectivity index (χ1n) is 12.3. The van der Waals surface area contributed by atoms with Crippen LogP contribution in [0.2, 0.25) is 0 Å². The van der Waals surface area contributed by atoms with Gasteiger partial charge in [0.25, 0.3) is 5.91 Å². The van der Waals surface area contributed by atoms with E-state index in [9.17, 15) is 14.7 Å². The monoisotopic (exact) mass is 499 g/mol. The molecule has 2 heterocycles. The predicted molar refractivity (Wildman–Crippen MR) is 144 cm³/mol. The van der Waals surface area contributed by atoms with Crippen LogP contribution in [0, 0.1) is 0 Å². The minimum absolute atomic E-state index is 0.161. The maximum absolute atomic E-state index is 13.2. The van der Waals surface area contributed by atoms with E-state index >= 15 is 0 Å². The Labute approximate surface area is 218 Å². The Hall–Kier alpha value is -3.97. The zero-order valence-electron chi connectivity index (χ0n) is 21.8. The van der Waals surface area contributed by atoms with E-state index in [1.807, 2.05) is 66.7 Å². The first kappa shape index (κ1) is 26.1. The standard InChI is InChI=1S/C30H33N3O4/c1-21(22-14-16-23(17-15-22)25-12-9-13-26(31-25)27(34)32(4)5)33-19-18-30(37-28(33)35,20-29(2,3)36)24-10-7-6-8-11-24/h6-17,36H,1,18-20H2,2-5H3/t30-/m0/s1. The molecule has 1 fully saturated rings. The van der Waals surface area contributed by atoms with Crippen molar-refractivity contribution in [2.75, 3.05) is 20.6 Å². The number of cyclic esters (lactones) is 1. The summed E-state index contributed by atoms with van der Waals surface area (Å²) in [6, 6.07) is 22.5. The van der Waals surface area contributed by atoms with E-state index in [-0.39, 0.29) is 12.3 Å². The van der Waals surface area contributed by atoms with E-state index in [1.54, 1.807) is 34.0 Å². The molecule has 0 spiro atoms. The zero-order chi connectivity index (χ0) is 26.8. The lowest BCUT2D eigenvalue weighted by Crippen LogP contribution is -2.49. The maximum Gasteiger partial charge on any atom is 0.415 e. The smallest absolute Gasteiger partial charge is 0.415 e. The van der Waals surface area contributed by atoms with Crippen LogP contribution < -0.4 is 0 Å². The number of pyridine rings is 1. The fourth-order valence-corrected chi connectivity index (χ4v) is 4.71. The molecule has 1 aromatic heterocycles. The van der Waals surface area contributed by atoms with Gasteiger partial charge in [-0.2, -0.15) is 0 Å². The van der Waals surface area contributed by atoms with Gasteiger partial charge >= 0.3 is 6.09 Å². The van der Waals surface area contributed by atoms with Crippen molar-refractivity contribution in [1.29, 1.82) is 0 Å². The Morgan fingerprint density at radius 1 is 1.08 bits per heavy atom. The number of hydrogen-bond acceptors (Lipinski definition) is 5. The molecule has 1 N–H and O–H groups in total. The number of carbonyl (C=O) groups is 2. The largest absolute Gasteiger partial charge is 0.437 e. The van der Waals surface area contributed by atoms with Gasteiger partial charge in [0, 0.05) is 44.7 Å². The number of aliphatic hydroxyl groups is 1. The van der Waals surface area contributed by atoms with Crippen molar-refractivity contribution in [3.8, 4) is 11.3 Å². The van der Waals surface area contributed by atoms with E-state index in [4.69, 9.17) is 4.74 Å². The fourth-order valence-electron chi connectivity index (χ4n) is 4.71. The fraction of sp³-hybridized carbons (Fsp3) is 0.300. The lowest BCUT2D eigenvalue weighted by molar-refractivity contribution is -0.0889. The van der Waals surface area contributed by atoms with Crippen molar-refractivity contribution in [3.63, 3.8) is 0 Å². The molecule has 37 heavy (non-hydrogen) atoms. The van der Waals surface area contributed by atoms with E-state index in [2.05, 4.69) is 11.6 Å². The number of hydrogen-bond donors (Lipinski definition) is 1. The Balaban J connectivity index is 1.53. The van der Waals surface area contributed by atoms with Crippen LogP contribution in [-0.2, 0) is 10.3 Å². The normalized spacial score (nSPS) is 17.8. The summed E-state index contributed by atoms with van der Waals surface area (Å²) in [4.78, 5) is 33.0. The van der Waals surface area contributed by atoms with E-state index < -0.39 is 17.3 Å². The number of benzene rings is 2. The van der Waals surface area contributed by atoms with Crippen molar-refractivity contribution in [2.45, 2.75) is 37.9 Å². The van der Waals surface area contributed by atoms with Gasteiger partial charge in [-0.15, -0.1) is 0 Å². The van der Waals surface area contributed by atoms with Gasteiger partial charge in [0.2, 0.25) is 0 Å². The van der Waals surface area contributed by atoms with Crippen molar-refractivity contribution in [1.82, 2.24) is 14.8 Å². The van der Waals surface area contributed by atoms with Crippen LogP contribution in [-0.4, -0.2) is 58.1 Å². The van der Waals surface area contributed by atoms with Gasteiger partial charge in [0.05, 0.1) is 11.3 Å². The first-order valence-corrected chi connectivity index (χ1v) is 12.3. The van der Waals surface area contributed by atoms with E-state index in [0.717, 1.165) is 16.7 Å². The van der Waals surface area contributed by atoms with Gasteiger partial charge in [-0.25, -0.2) is 9.78 Å². The molecule has 4 rings (SSSR count). The van der Waals surface area contributed by atoms with Gasteiger partial charge in [-0.1, -0.05) is 67.2 Å². The summed E-state index contributed by atoms with van der Waals surface area (Å²) in [5, 5.41) is 10.6.